The fraction of sp³-hybridized carbons (Fsp3) is 0.438. The van der Waals surface area contributed by atoms with Gasteiger partial charge in [0.05, 0.1) is 17.2 Å². The van der Waals surface area contributed by atoms with E-state index in [0.29, 0.717) is 25.0 Å². The maximum absolute atomic E-state index is 12.4. The number of nitrogens with two attached hydrogens (primary N) is 1. The van der Waals surface area contributed by atoms with Gasteiger partial charge in [0.25, 0.3) is 5.56 Å². The minimum atomic E-state index is -0.107. The zero-order valence-corrected chi connectivity index (χ0v) is 14.1. The molecule has 0 saturated carbocycles. The van der Waals surface area contributed by atoms with Gasteiger partial charge in [-0.05, 0) is 37.9 Å². The molecule has 0 aliphatic rings. The molecule has 2 aromatic rings. The highest BCUT2D eigenvalue weighted by Gasteiger charge is 2.07. The fourth-order valence-electron chi connectivity index (χ4n) is 2.30. The highest BCUT2D eigenvalue weighted by molar-refractivity contribution is 5.85. The van der Waals surface area contributed by atoms with Crippen LogP contribution < -0.4 is 16.6 Å². The highest BCUT2D eigenvalue weighted by atomic mass is 35.5. The normalized spacial score (nSPS) is 10.3. The van der Waals surface area contributed by atoms with Gasteiger partial charge in [-0.25, -0.2) is 4.98 Å². The molecule has 0 saturated heterocycles. The number of unbranched alkanes of at least 4 members (excludes halogenated alkanes) is 1. The molecule has 3 N–H and O–H groups in total. The van der Waals surface area contributed by atoms with Crippen molar-refractivity contribution in [2.24, 2.45) is 5.73 Å². The largest absolute Gasteiger partial charge is 0.356 e. The number of halogens is 1. The molecule has 0 unspecified atom stereocenters. The van der Waals surface area contributed by atoms with Gasteiger partial charge in [-0.2, -0.15) is 0 Å². The van der Waals surface area contributed by atoms with Crippen LogP contribution in [0.15, 0.2) is 29.3 Å². The van der Waals surface area contributed by atoms with Gasteiger partial charge in [0.15, 0.2) is 0 Å². The monoisotopic (exact) mass is 338 g/mol. The lowest BCUT2D eigenvalue weighted by Gasteiger charge is -2.08. The number of rotatable bonds is 7. The van der Waals surface area contributed by atoms with Gasteiger partial charge in [0, 0.05) is 19.5 Å². The lowest BCUT2D eigenvalue weighted by atomic mass is 10.1. The molecule has 7 heteroatoms. The topological polar surface area (TPSA) is 90.0 Å². The van der Waals surface area contributed by atoms with Crippen LogP contribution in [0.4, 0.5) is 0 Å². The summed E-state index contributed by atoms with van der Waals surface area (Å²) in [5, 5.41) is 3.41. The van der Waals surface area contributed by atoms with Crippen LogP contribution in [0.5, 0.6) is 0 Å². The number of aryl methyl sites for hydroxylation is 2. The number of para-hydroxylation sites is 1. The second-order valence-corrected chi connectivity index (χ2v) is 5.31. The molecule has 0 spiro atoms. The average Bonchev–Trinajstić information content (AvgIpc) is 2.52. The molecular weight excluding hydrogens is 316 g/mol. The number of carbonyl (C=O) groups excluding carboxylic acids is 1. The molecule has 1 amide bonds. The van der Waals surface area contributed by atoms with Crippen LogP contribution in [0.2, 0.25) is 0 Å². The number of aromatic nitrogens is 2. The molecule has 0 radical (unpaired) electrons. The van der Waals surface area contributed by atoms with E-state index in [4.69, 9.17) is 5.73 Å². The van der Waals surface area contributed by atoms with E-state index in [1.807, 2.05) is 19.1 Å². The molecular formula is C16H23ClN4O2. The van der Waals surface area contributed by atoms with E-state index >= 15 is 0 Å². The summed E-state index contributed by atoms with van der Waals surface area (Å²) in [6.45, 7) is 3.51. The molecule has 2 rings (SSSR count). The number of amides is 1. The van der Waals surface area contributed by atoms with Crippen molar-refractivity contribution in [3.8, 4) is 0 Å². The molecule has 126 valence electrons. The number of carbonyl (C=O) groups is 1. The van der Waals surface area contributed by atoms with Gasteiger partial charge in [0.2, 0.25) is 5.91 Å². The quantitative estimate of drug-likeness (QED) is 0.746. The number of nitrogens with one attached hydrogen (secondary N) is 1. The lowest BCUT2D eigenvalue weighted by molar-refractivity contribution is -0.121. The van der Waals surface area contributed by atoms with E-state index in [9.17, 15) is 9.59 Å². The highest BCUT2D eigenvalue weighted by Crippen LogP contribution is 2.11. The standard InChI is InChI=1S/C16H22N4O2.ClH/c1-12-5-4-6-13-15(12)19-11-20(16(13)22)10-7-14(21)18-9-3-2-8-17;/h4-6,11H,2-3,7-10,17H2,1H3,(H,18,21);1H. The van der Waals surface area contributed by atoms with Crippen LogP contribution >= 0.6 is 12.4 Å². The first-order chi connectivity index (χ1) is 10.6. The van der Waals surface area contributed by atoms with Gasteiger partial charge < -0.3 is 11.1 Å². The van der Waals surface area contributed by atoms with Crippen molar-refractivity contribution in [2.75, 3.05) is 13.1 Å². The number of fused-ring (bicyclic) bond motifs is 1. The first kappa shape index (κ1) is 19.1. The average molecular weight is 339 g/mol. The Kier molecular flexibility index (Phi) is 7.71. The third-order valence-electron chi connectivity index (χ3n) is 3.59. The third kappa shape index (κ3) is 5.04. The second kappa shape index (κ2) is 9.27. The van der Waals surface area contributed by atoms with Crippen LogP contribution in [-0.2, 0) is 11.3 Å². The molecule has 0 aliphatic carbocycles. The third-order valence-corrected chi connectivity index (χ3v) is 3.59. The number of hydrogen-bond acceptors (Lipinski definition) is 4. The lowest BCUT2D eigenvalue weighted by Crippen LogP contribution is -2.28. The van der Waals surface area contributed by atoms with E-state index in [-0.39, 0.29) is 30.3 Å². The first-order valence-electron chi connectivity index (χ1n) is 7.55. The minimum Gasteiger partial charge on any atom is -0.356 e. The number of nitrogens with zero attached hydrogens (tertiary/aromatic N) is 2. The smallest absolute Gasteiger partial charge is 0.261 e. The molecule has 0 atom stereocenters. The predicted molar refractivity (Wildman–Crippen MR) is 93.9 cm³/mol. The van der Waals surface area contributed by atoms with Crippen molar-refractivity contribution in [3.05, 3.63) is 40.4 Å². The van der Waals surface area contributed by atoms with Gasteiger partial charge in [-0.15, -0.1) is 12.4 Å². The Hall–Kier alpha value is -1.92. The molecule has 0 aliphatic heterocycles. The van der Waals surface area contributed by atoms with E-state index in [1.165, 1.54) is 10.9 Å². The molecule has 23 heavy (non-hydrogen) atoms. The van der Waals surface area contributed by atoms with Gasteiger partial charge in [-0.1, -0.05) is 12.1 Å². The van der Waals surface area contributed by atoms with Crippen molar-refractivity contribution in [3.63, 3.8) is 0 Å². The molecule has 6 nitrogen and oxygen atoms in total. The first-order valence-corrected chi connectivity index (χ1v) is 7.55. The van der Waals surface area contributed by atoms with E-state index in [0.717, 1.165) is 23.9 Å². The Morgan fingerprint density at radius 2 is 2.13 bits per heavy atom. The van der Waals surface area contributed by atoms with Gasteiger partial charge in [-0.3, -0.25) is 14.2 Å². The Bertz CT molecular complexity index is 715. The summed E-state index contributed by atoms with van der Waals surface area (Å²) in [6.07, 6.45) is 3.55. The SMILES string of the molecule is Cc1cccc2c(=O)n(CCC(=O)NCCCCN)cnc12.Cl. The minimum absolute atomic E-state index is 0. The van der Waals surface area contributed by atoms with E-state index in [1.54, 1.807) is 6.07 Å². The van der Waals surface area contributed by atoms with Gasteiger partial charge in [0.1, 0.15) is 0 Å². The summed E-state index contributed by atoms with van der Waals surface area (Å²) < 4.78 is 1.49. The molecule has 0 bridgehead atoms. The Morgan fingerprint density at radius 3 is 2.87 bits per heavy atom. The van der Waals surface area contributed by atoms with E-state index < -0.39 is 0 Å². The maximum Gasteiger partial charge on any atom is 0.261 e. The van der Waals surface area contributed by atoms with Crippen molar-refractivity contribution in [2.45, 2.75) is 32.7 Å². The van der Waals surface area contributed by atoms with Crippen LogP contribution in [0.25, 0.3) is 10.9 Å². The summed E-state index contributed by atoms with van der Waals surface area (Å²) in [4.78, 5) is 28.4. The summed E-state index contributed by atoms with van der Waals surface area (Å²) in [6, 6.07) is 5.53. The fourth-order valence-corrected chi connectivity index (χ4v) is 2.30. The second-order valence-electron chi connectivity index (χ2n) is 5.31. The summed E-state index contributed by atoms with van der Waals surface area (Å²) in [5.74, 6) is -0.0618. The van der Waals surface area contributed by atoms with Crippen LogP contribution in [0, 0.1) is 6.92 Å². The van der Waals surface area contributed by atoms with Gasteiger partial charge >= 0.3 is 0 Å². The molecule has 1 aromatic heterocycles. The van der Waals surface area contributed by atoms with Crippen molar-refractivity contribution in [1.29, 1.82) is 0 Å². The Balaban J connectivity index is 0.00000264. The zero-order valence-electron chi connectivity index (χ0n) is 13.2. The van der Waals surface area contributed by atoms with Crippen LogP contribution in [0.1, 0.15) is 24.8 Å². The molecule has 0 fully saturated rings. The van der Waals surface area contributed by atoms with Crippen molar-refractivity contribution < 1.29 is 4.79 Å². The summed E-state index contributed by atoms with van der Waals surface area (Å²) >= 11 is 0. The number of hydrogen-bond donors (Lipinski definition) is 2. The van der Waals surface area contributed by atoms with Crippen LogP contribution in [-0.4, -0.2) is 28.5 Å². The molecule has 1 aromatic carbocycles. The Morgan fingerprint density at radius 1 is 1.35 bits per heavy atom. The Labute approximate surface area is 141 Å². The van der Waals surface area contributed by atoms with Crippen LogP contribution in [0.3, 0.4) is 0 Å². The molecule has 1 heterocycles. The van der Waals surface area contributed by atoms with Crippen molar-refractivity contribution in [1.82, 2.24) is 14.9 Å². The van der Waals surface area contributed by atoms with Crippen molar-refractivity contribution >= 4 is 29.2 Å². The predicted octanol–water partition coefficient (Wildman–Crippen LogP) is 1.37. The van der Waals surface area contributed by atoms with E-state index in [2.05, 4.69) is 10.3 Å². The zero-order chi connectivity index (χ0) is 15.9. The maximum atomic E-state index is 12.4. The summed E-state index contributed by atoms with van der Waals surface area (Å²) in [5.41, 5.74) is 6.98. The number of benzene rings is 1. The summed E-state index contributed by atoms with van der Waals surface area (Å²) in [7, 11) is 0.